The fraction of sp³-hybridized carbons (Fsp3) is 0.270. The largest absolute Gasteiger partial charge is 0.486 e. The Balaban J connectivity index is 0.000000207. The van der Waals surface area contributed by atoms with Crippen LogP contribution in [0.5, 0.6) is 0 Å². The molecule has 0 aliphatic carbocycles. The fourth-order valence-corrected chi connectivity index (χ4v) is 8.28. The Labute approximate surface area is 279 Å². The van der Waals surface area contributed by atoms with Gasteiger partial charge >= 0.3 is 125 Å². The Morgan fingerprint density at radius 3 is 2.32 bits per heavy atom. The van der Waals surface area contributed by atoms with Crippen molar-refractivity contribution in [3.05, 3.63) is 108 Å². The zero-order valence-electron chi connectivity index (χ0n) is 28.4. The topological polar surface area (TPSA) is 51.8 Å². The number of aromatic nitrogens is 3. The van der Waals surface area contributed by atoms with E-state index >= 15 is 0 Å². The molecule has 0 bridgehead atoms. The van der Waals surface area contributed by atoms with Gasteiger partial charge in [-0.2, -0.15) is 0 Å². The Bertz CT molecular complexity index is 1990. The van der Waals surface area contributed by atoms with Gasteiger partial charge in [-0.3, -0.25) is 0 Å². The minimum absolute atomic E-state index is 0. The van der Waals surface area contributed by atoms with E-state index in [1.807, 2.05) is 83.3 Å². The SMILES string of the molecule is [2H]C(C)(C)c1cc(-c2[c-]cc(F)cc2)nc[c]1[Ge]([CH3])([CH3])[CH3].[2H]C(C)(C)c1ccnc(-c2[c-]ccc3c2oc2nc(C)ccc23)c1.[Ir]. The van der Waals surface area contributed by atoms with E-state index in [1.54, 1.807) is 12.3 Å². The summed E-state index contributed by atoms with van der Waals surface area (Å²) >= 11 is -2.10. The van der Waals surface area contributed by atoms with Gasteiger partial charge in [0.25, 0.3) is 0 Å². The van der Waals surface area contributed by atoms with Crippen LogP contribution in [0.15, 0.2) is 77.5 Å². The number of hydrogen-bond donors (Lipinski definition) is 0. The maximum absolute atomic E-state index is 13.0. The van der Waals surface area contributed by atoms with Crippen molar-refractivity contribution in [1.29, 1.82) is 0 Å². The van der Waals surface area contributed by atoms with Gasteiger partial charge in [-0.05, 0) is 36.7 Å². The van der Waals surface area contributed by atoms with Crippen molar-refractivity contribution < 1.29 is 31.7 Å². The average Bonchev–Trinajstić information content (AvgIpc) is 3.34. The van der Waals surface area contributed by atoms with Gasteiger partial charge in [-0.15, -0.1) is 18.2 Å². The van der Waals surface area contributed by atoms with Gasteiger partial charge in [0.2, 0.25) is 5.71 Å². The van der Waals surface area contributed by atoms with Crippen LogP contribution in [0.2, 0.25) is 17.3 Å². The van der Waals surface area contributed by atoms with Crippen molar-refractivity contribution >= 4 is 39.7 Å². The van der Waals surface area contributed by atoms with E-state index in [9.17, 15) is 4.39 Å². The van der Waals surface area contributed by atoms with Crippen molar-refractivity contribution in [3.63, 3.8) is 0 Å². The summed E-state index contributed by atoms with van der Waals surface area (Å²) in [4.78, 5) is 13.5. The molecule has 0 N–H and O–H groups in total. The first kappa shape index (κ1) is 30.8. The molecule has 0 aliphatic heterocycles. The number of hydrogen-bond acceptors (Lipinski definition) is 4. The second-order valence-corrected chi connectivity index (χ2v) is 22.8. The molecule has 0 unspecified atom stereocenters. The number of furan rings is 1. The van der Waals surface area contributed by atoms with E-state index in [1.165, 1.54) is 16.5 Å². The maximum Gasteiger partial charge on any atom is 0.216 e. The summed E-state index contributed by atoms with van der Waals surface area (Å²) in [7, 11) is 0. The second-order valence-electron chi connectivity index (χ2n) is 12.2. The van der Waals surface area contributed by atoms with E-state index < -0.39 is 25.1 Å². The molecule has 4 aromatic heterocycles. The van der Waals surface area contributed by atoms with Crippen LogP contribution >= 0.6 is 0 Å². The number of benzene rings is 2. The summed E-state index contributed by atoms with van der Waals surface area (Å²) in [5.74, 6) is 5.24. The molecule has 0 atom stereocenters. The Morgan fingerprint density at radius 2 is 1.66 bits per heavy atom. The number of aryl methyl sites for hydroxylation is 1. The average molecular weight is 827 g/mol. The standard InChI is InChI=1S/C20H17N2O.C17H21FGeN.Ir/c1-12(2)14-9-10-21-18(11-14)17-6-4-5-15-16-8-7-13(3)22-20(16)23-19(15)17;1-12(2)15-10-17(13-6-8-14(18)9-7-13)20-11-16(15)19(3,4)5;/h4-5,7-12H,1-3H3;6,8-12H,1-5H3;/q2*-1;/i2*12D;. The van der Waals surface area contributed by atoms with Crippen LogP contribution in [0.4, 0.5) is 4.39 Å². The van der Waals surface area contributed by atoms with Crippen LogP contribution in [-0.4, -0.2) is 28.2 Å². The molecule has 2 aromatic carbocycles. The summed E-state index contributed by atoms with van der Waals surface area (Å²) < 4.78 is 36.9. The molecule has 7 heteroatoms. The van der Waals surface area contributed by atoms with Gasteiger partial charge in [0, 0.05) is 38.8 Å². The zero-order valence-corrected chi connectivity index (χ0v) is 30.9. The molecule has 0 spiro atoms. The van der Waals surface area contributed by atoms with Crippen LogP contribution < -0.4 is 4.40 Å². The molecule has 0 aliphatic rings. The smallest absolute Gasteiger partial charge is 0.216 e. The molecule has 0 saturated heterocycles. The van der Waals surface area contributed by atoms with Gasteiger partial charge in [0.1, 0.15) is 0 Å². The summed E-state index contributed by atoms with van der Waals surface area (Å²) in [6.45, 7) is 9.48. The molecular formula is C37H38FGeIrN3O-2. The summed E-state index contributed by atoms with van der Waals surface area (Å²) in [5, 5.41) is 1.99. The molecule has 6 rings (SSSR count). The molecule has 4 heterocycles. The first-order valence-electron chi connectivity index (χ1n) is 15.4. The minimum Gasteiger partial charge on any atom is -0.486 e. The van der Waals surface area contributed by atoms with Crippen molar-refractivity contribution in [2.75, 3.05) is 0 Å². The molecule has 1 radical (unpaired) electrons. The third-order valence-electron chi connectivity index (χ3n) is 7.33. The molecule has 44 heavy (non-hydrogen) atoms. The fourth-order valence-electron chi connectivity index (χ4n) is 4.96. The number of pyridine rings is 3. The van der Waals surface area contributed by atoms with Crippen LogP contribution in [0.3, 0.4) is 0 Å². The molecule has 0 fully saturated rings. The van der Waals surface area contributed by atoms with E-state index in [0.29, 0.717) is 5.71 Å². The van der Waals surface area contributed by atoms with Gasteiger partial charge in [-0.25, -0.2) is 4.98 Å². The van der Waals surface area contributed by atoms with Crippen molar-refractivity contribution in [1.82, 2.24) is 15.0 Å². The van der Waals surface area contributed by atoms with E-state index in [2.05, 4.69) is 44.4 Å². The molecular weight excluding hydrogens is 786 g/mol. The van der Waals surface area contributed by atoms with E-state index in [-0.39, 0.29) is 25.9 Å². The zero-order chi connectivity index (χ0) is 32.7. The molecule has 6 aromatic rings. The summed E-state index contributed by atoms with van der Waals surface area (Å²) in [6.07, 6.45) is 3.65. The number of rotatable bonds is 5. The van der Waals surface area contributed by atoms with Crippen molar-refractivity contribution in [3.8, 4) is 22.5 Å². The first-order chi connectivity index (χ1) is 21.0. The normalized spacial score (nSPS) is 12.7. The van der Waals surface area contributed by atoms with Crippen molar-refractivity contribution in [2.24, 2.45) is 0 Å². The summed E-state index contributed by atoms with van der Waals surface area (Å²) in [5.41, 5.74) is 7.28. The quantitative estimate of drug-likeness (QED) is 0.128. The Hall–Kier alpha value is -3.19. The predicted molar refractivity (Wildman–Crippen MR) is 178 cm³/mol. The number of fused-ring (bicyclic) bond motifs is 3. The van der Waals surface area contributed by atoms with Crippen LogP contribution in [-0.2, 0) is 20.1 Å². The maximum atomic E-state index is 13.0. The molecule has 229 valence electrons. The Kier molecular flexibility index (Phi) is 9.70. The molecule has 0 amide bonds. The van der Waals surface area contributed by atoms with Crippen LogP contribution in [0.1, 0.15) is 59.0 Å². The second kappa shape index (κ2) is 13.8. The van der Waals surface area contributed by atoms with Crippen LogP contribution in [0.25, 0.3) is 44.6 Å². The third-order valence-corrected chi connectivity index (χ3v) is 11.6. The van der Waals surface area contributed by atoms with Crippen LogP contribution in [0, 0.1) is 24.9 Å². The number of halogens is 1. The predicted octanol–water partition coefficient (Wildman–Crippen LogP) is 9.63. The monoisotopic (exact) mass is 828 g/mol. The van der Waals surface area contributed by atoms with E-state index in [0.717, 1.165) is 55.7 Å². The molecule has 0 saturated carbocycles. The Morgan fingerprint density at radius 1 is 0.886 bits per heavy atom. The van der Waals surface area contributed by atoms with Gasteiger partial charge in [0.15, 0.2) is 0 Å². The first-order valence-corrected chi connectivity index (χ1v) is 21.7. The van der Waals surface area contributed by atoms with Gasteiger partial charge < -0.3 is 9.40 Å². The molecule has 4 nitrogen and oxygen atoms in total. The number of nitrogens with zero attached hydrogens (tertiary/aromatic N) is 3. The van der Waals surface area contributed by atoms with Gasteiger partial charge in [0.05, 0.1) is 5.58 Å². The minimum atomic E-state index is -2.10. The van der Waals surface area contributed by atoms with Crippen molar-refractivity contribution in [2.45, 2.75) is 63.7 Å². The van der Waals surface area contributed by atoms with Gasteiger partial charge in [-0.1, -0.05) is 36.4 Å². The third kappa shape index (κ3) is 7.36. The van der Waals surface area contributed by atoms with E-state index in [4.69, 9.17) is 7.16 Å². The summed E-state index contributed by atoms with van der Waals surface area (Å²) in [6, 6.07) is 24.2.